The van der Waals surface area contributed by atoms with Gasteiger partial charge in [0.2, 0.25) is 5.82 Å². The van der Waals surface area contributed by atoms with Gasteiger partial charge in [0.25, 0.3) is 5.91 Å². The van der Waals surface area contributed by atoms with E-state index in [1.807, 2.05) is 0 Å². The van der Waals surface area contributed by atoms with Gasteiger partial charge < -0.3 is 26.0 Å². The molecule has 0 aromatic carbocycles. The normalized spacial score (nSPS) is 23.2. The second-order valence-electron chi connectivity index (χ2n) is 6.57. The zero-order chi connectivity index (χ0) is 21.3. The largest absolute Gasteiger partial charge is 0.387 e. The number of carbonyl (C=O) groups excluding carboxylic acids is 1. The quantitative estimate of drug-likeness (QED) is 0.396. The van der Waals surface area contributed by atoms with Crippen molar-refractivity contribution in [3.8, 4) is 11.8 Å². The second kappa shape index (κ2) is 8.03. The Balaban J connectivity index is 1.70. The number of nitrogen functional groups attached to an aromatic ring is 1. The third-order valence-electron chi connectivity index (χ3n) is 4.55. The minimum atomic E-state index is -1.41. The number of aliphatic hydroxyl groups is 2. The molecule has 3 aromatic rings. The molecule has 0 unspecified atom stereocenters. The van der Waals surface area contributed by atoms with Crippen LogP contribution in [0.3, 0.4) is 0 Å². The number of aromatic nitrogens is 5. The van der Waals surface area contributed by atoms with E-state index in [0.717, 1.165) is 0 Å². The highest BCUT2D eigenvalue weighted by Gasteiger charge is 2.47. The molecule has 5 N–H and O–H groups in total. The number of hydrogen-bond acceptors (Lipinski definition) is 9. The maximum Gasteiger partial charge on any atom is 0.252 e. The van der Waals surface area contributed by atoms with Crippen LogP contribution in [0.15, 0.2) is 30.9 Å². The molecule has 1 aliphatic heterocycles. The van der Waals surface area contributed by atoms with Gasteiger partial charge in [0, 0.05) is 24.5 Å². The van der Waals surface area contributed by atoms with Crippen molar-refractivity contribution in [3.63, 3.8) is 0 Å². The fourth-order valence-corrected chi connectivity index (χ4v) is 3.13. The van der Waals surface area contributed by atoms with Crippen LogP contribution in [0.2, 0.25) is 0 Å². The molecule has 30 heavy (non-hydrogen) atoms. The number of fused-ring (bicyclic) bond motifs is 1. The number of nitrogens with zero attached hydrogens (tertiary/aromatic N) is 5. The van der Waals surface area contributed by atoms with Gasteiger partial charge in [-0.25, -0.2) is 15.0 Å². The fraction of sp³-hybridized carbons (Fsp3) is 0.316. The molecule has 4 rings (SSSR count). The van der Waals surface area contributed by atoms with Gasteiger partial charge in [0.15, 0.2) is 23.8 Å². The molecule has 11 nitrogen and oxygen atoms in total. The summed E-state index contributed by atoms with van der Waals surface area (Å²) >= 11 is 0. The summed E-state index contributed by atoms with van der Waals surface area (Å²) in [7, 11) is 0. The molecule has 1 saturated heterocycles. The molecule has 4 atom stereocenters. The first-order valence-electron chi connectivity index (χ1n) is 9.21. The lowest BCUT2D eigenvalue weighted by molar-refractivity contribution is -0.137. The van der Waals surface area contributed by atoms with Gasteiger partial charge >= 0.3 is 0 Å². The molecule has 0 spiro atoms. The van der Waals surface area contributed by atoms with Crippen LogP contribution < -0.4 is 11.1 Å². The van der Waals surface area contributed by atoms with Gasteiger partial charge in [-0.1, -0.05) is 5.92 Å². The summed E-state index contributed by atoms with van der Waals surface area (Å²) in [5.41, 5.74) is 7.21. The van der Waals surface area contributed by atoms with Crippen molar-refractivity contribution in [2.45, 2.75) is 31.5 Å². The van der Waals surface area contributed by atoms with Crippen molar-refractivity contribution >= 4 is 22.9 Å². The molecule has 0 aliphatic carbocycles. The highest BCUT2D eigenvalue weighted by molar-refractivity contribution is 5.83. The van der Waals surface area contributed by atoms with Crippen LogP contribution >= 0.6 is 0 Å². The Labute approximate surface area is 170 Å². The van der Waals surface area contributed by atoms with Crippen molar-refractivity contribution in [1.29, 1.82) is 0 Å². The molecule has 1 fully saturated rings. The van der Waals surface area contributed by atoms with E-state index in [2.05, 4.69) is 37.1 Å². The zero-order valence-electron chi connectivity index (χ0n) is 15.9. The van der Waals surface area contributed by atoms with Crippen LogP contribution in [0, 0.1) is 11.8 Å². The van der Waals surface area contributed by atoms with E-state index >= 15 is 0 Å². The summed E-state index contributed by atoms with van der Waals surface area (Å²) < 4.78 is 7.03. The third kappa shape index (κ3) is 3.55. The summed E-state index contributed by atoms with van der Waals surface area (Å²) in [5.74, 6) is 5.42. The molecule has 0 radical (unpaired) electrons. The van der Waals surface area contributed by atoms with Crippen LogP contribution in [0.25, 0.3) is 11.2 Å². The maximum absolute atomic E-state index is 12.1. The van der Waals surface area contributed by atoms with Crippen LogP contribution in [0.1, 0.15) is 24.5 Å². The summed E-state index contributed by atoms with van der Waals surface area (Å²) in [6.45, 7) is 2.10. The van der Waals surface area contributed by atoms with Gasteiger partial charge in [0.1, 0.15) is 17.7 Å². The van der Waals surface area contributed by atoms with Gasteiger partial charge in [-0.05, 0) is 25.0 Å². The number of pyridine rings is 1. The van der Waals surface area contributed by atoms with Crippen LogP contribution in [-0.2, 0) is 9.53 Å². The first-order valence-corrected chi connectivity index (χ1v) is 9.21. The number of likely N-dealkylation sites (N-methyl/N-ethyl adjacent to an activating group) is 1. The molecule has 1 amide bonds. The predicted octanol–water partition coefficient (Wildman–Crippen LogP) is -1.04. The molecule has 154 valence electrons. The van der Waals surface area contributed by atoms with E-state index in [1.165, 1.54) is 10.9 Å². The van der Waals surface area contributed by atoms with Gasteiger partial charge in [-0.2, -0.15) is 0 Å². The number of nitrogens with one attached hydrogen (secondary N) is 1. The SMILES string of the molecule is CCNC(=O)[C@H]1O[C@@H](n2cnc3c(N)nc(C#Cc4cccnc4)nc32)[C@H](O)[C@@H]1O. The van der Waals surface area contributed by atoms with E-state index in [0.29, 0.717) is 12.1 Å². The second-order valence-corrected chi connectivity index (χ2v) is 6.57. The number of imidazole rings is 1. The Bertz CT molecular complexity index is 1140. The Morgan fingerprint density at radius 1 is 1.33 bits per heavy atom. The molecule has 0 bridgehead atoms. The average molecular weight is 409 g/mol. The van der Waals surface area contributed by atoms with E-state index in [1.54, 1.807) is 31.5 Å². The molecular weight excluding hydrogens is 390 g/mol. The van der Waals surface area contributed by atoms with Gasteiger partial charge in [-0.15, -0.1) is 0 Å². The number of rotatable bonds is 3. The average Bonchev–Trinajstić information content (AvgIpc) is 3.29. The molecule has 0 saturated carbocycles. The van der Waals surface area contributed by atoms with Crippen molar-refractivity contribution in [2.75, 3.05) is 12.3 Å². The van der Waals surface area contributed by atoms with Crippen LogP contribution in [-0.4, -0.2) is 65.5 Å². The standard InChI is InChI=1S/C19H19N7O4/c1-2-22-18(29)15-13(27)14(28)19(30-15)26-9-23-12-16(20)24-11(25-17(12)26)6-5-10-4-3-7-21-8-10/h3-4,7-9,13-15,19,27-28H,2H2,1H3,(H,22,29)(H2,20,24,25)/t13-,14+,15-,19+/m0/s1. The molecule has 11 heteroatoms. The fourth-order valence-electron chi connectivity index (χ4n) is 3.13. The van der Waals surface area contributed by atoms with E-state index in [4.69, 9.17) is 10.5 Å². The van der Waals surface area contributed by atoms with Crippen molar-refractivity contribution in [1.82, 2.24) is 29.8 Å². The van der Waals surface area contributed by atoms with Crippen molar-refractivity contribution < 1.29 is 19.7 Å². The summed E-state index contributed by atoms with van der Waals surface area (Å²) in [5, 5.41) is 23.3. The van der Waals surface area contributed by atoms with Crippen molar-refractivity contribution in [2.24, 2.45) is 0 Å². The number of hydrogen-bond donors (Lipinski definition) is 4. The lowest BCUT2D eigenvalue weighted by Crippen LogP contribution is -2.42. The zero-order valence-corrected chi connectivity index (χ0v) is 15.9. The first-order chi connectivity index (χ1) is 14.5. The number of ether oxygens (including phenoxy) is 1. The first kappa shape index (κ1) is 19.7. The van der Waals surface area contributed by atoms with E-state index in [-0.39, 0.29) is 22.8 Å². The Morgan fingerprint density at radius 2 is 2.17 bits per heavy atom. The Morgan fingerprint density at radius 3 is 2.90 bits per heavy atom. The summed E-state index contributed by atoms with van der Waals surface area (Å²) in [6.07, 6.45) is -0.518. The highest BCUT2D eigenvalue weighted by atomic mass is 16.6. The van der Waals surface area contributed by atoms with Gasteiger partial charge in [-0.3, -0.25) is 14.3 Å². The number of carbonyl (C=O) groups is 1. The Hall–Kier alpha value is -3.59. The number of amides is 1. The number of aliphatic hydroxyl groups excluding tert-OH is 2. The smallest absolute Gasteiger partial charge is 0.252 e. The molecule has 4 heterocycles. The van der Waals surface area contributed by atoms with Gasteiger partial charge in [0.05, 0.1) is 6.33 Å². The van der Waals surface area contributed by atoms with Crippen molar-refractivity contribution in [3.05, 3.63) is 42.2 Å². The highest BCUT2D eigenvalue weighted by Crippen LogP contribution is 2.32. The van der Waals surface area contributed by atoms with E-state index in [9.17, 15) is 15.0 Å². The lowest BCUT2D eigenvalue weighted by Gasteiger charge is -2.16. The van der Waals surface area contributed by atoms with E-state index < -0.39 is 30.4 Å². The summed E-state index contributed by atoms with van der Waals surface area (Å²) in [4.78, 5) is 28.8. The summed E-state index contributed by atoms with van der Waals surface area (Å²) in [6, 6.07) is 3.55. The van der Waals surface area contributed by atoms with Crippen LogP contribution in [0.5, 0.6) is 0 Å². The third-order valence-corrected chi connectivity index (χ3v) is 4.55. The monoisotopic (exact) mass is 409 g/mol. The predicted molar refractivity (Wildman–Crippen MR) is 105 cm³/mol. The Kier molecular flexibility index (Phi) is 5.28. The minimum Gasteiger partial charge on any atom is -0.387 e. The lowest BCUT2D eigenvalue weighted by atomic mass is 10.1. The molecule has 1 aliphatic rings. The minimum absolute atomic E-state index is 0.0996. The molecular formula is C19H19N7O4. The number of anilines is 1. The number of nitrogens with two attached hydrogens (primary N) is 1. The van der Waals surface area contributed by atoms with Crippen LogP contribution in [0.4, 0.5) is 5.82 Å². The molecule has 3 aromatic heterocycles. The topological polar surface area (TPSA) is 161 Å². The maximum atomic E-state index is 12.1.